The quantitative estimate of drug-likeness (QED) is 0.928. The third-order valence-corrected chi connectivity index (χ3v) is 4.59. The molecule has 1 aromatic carbocycles. The van der Waals surface area contributed by atoms with E-state index in [0.717, 1.165) is 25.9 Å². The number of ether oxygens (including phenoxy) is 3. The van der Waals surface area contributed by atoms with Crippen LogP contribution in [0.2, 0.25) is 5.02 Å². The van der Waals surface area contributed by atoms with Crippen LogP contribution in [0.25, 0.3) is 0 Å². The van der Waals surface area contributed by atoms with Crippen LogP contribution in [-0.2, 0) is 9.47 Å². The molecule has 0 radical (unpaired) electrons. The summed E-state index contributed by atoms with van der Waals surface area (Å²) in [4.78, 5) is 0. The summed E-state index contributed by atoms with van der Waals surface area (Å²) in [7, 11) is 0. The van der Waals surface area contributed by atoms with Crippen LogP contribution in [0.4, 0.5) is 0 Å². The van der Waals surface area contributed by atoms with E-state index in [1.165, 1.54) is 0 Å². The van der Waals surface area contributed by atoms with Crippen molar-refractivity contribution in [3.05, 3.63) is 29.3 Å². The van der Waals surface area contributed by atoms with E-state index >= 15 is 0 Å². The first-order chi connectivity index (χ1) is 10.2. The monoisotopic (exact) mass is 312 g/mol. The Kier molecular flexibility index (Phi) is 4.69. The molecular formula is C16H21ClO4. The summed E-state index contributed by atoms with van der Waals surface area (Å²) in [5.41, 5.74) is -0.181. The average molecular weight is 313 g/mol. The molecular weight excluding hydrogens is 292 g/mol. The van der Waals surface area contributed by atoms with Gasteiger partial charge >= 0.3 is 0 Å². The lowest BCUT2D eigenvalue weighted by atomic mass is 9.82. The van der Waals surface area contributed by atoms with Crippen LogP contribution in [0.15, 0.2) is 24.3 Å². The highest BCUT2D eigenvalue weighted by molar-refractivity contribution is 6.30. The molecule has 2 aliphatic rings. The molecule has 0 aromatic heterocycles. The number of aliphatic hydroxyl groups excluding tert-OH is 1. The van der Waals surface area contributed by atoms with Gasteiger partial charge in [0.15, 0.2) is 0 Å². The Balaban J connectivity index is 1.54. The van der Waals surface area contributed by atoms with Crippen molar-refractivity contribution >= 4 is 11.6 Å². The van der Waals surface area contributed by atoms with E-state index in [1.807, 2.05) is 12.1 Å². The lowest BCUT2D eigenvalue weighted by Gasteiger charge is -2.38. The minimum Gasteiger partial charge on any atom is -0.491 e. The third kappa shape index (κ3) is 3.69. The second kappa shape index (κ2) is 6.53. The number of hydrogen-bond donors (Lipinski definition) is 1. The van der Waals surface area contributed by atoms with Crippen molar-refractivity contribution in [2.75, 3.05) is 26.4 Å². The summed E-state index contributed by atoms with van der Waals surface area (Å²) in [6, 6.07) is 7.23. The minimum atomic E-state index is -0.495. The van der Waals surface area contributed by atoms with Crippen molar-refractivity contribution in [3.63, 3.8) is 0 Å². The Morgan fingerprint density at radius 3 is 3.10 bits per heavy atom. The summed E-state index contributed by atoms with van der Waals surface area (Å²) in [6.45, 7) is 2.36. The van der Waals surface area contributed by atoms with Gasteiger partial charge in [0.1, 0.15) is 12.4 Å². The topological polar surface area (TPSA) is 47.9 Å². The van der Waals surface area contributed by atoms with Crippen molar-refractivity contribution in [1.29, 1.82) is 0 Å². The molecule has 2 heterocycles. The van der Waals surface area contributed by atoms with Gasteiger partial charge in [-0.1, -0.05) is 17.7 Å². The maximum atomic E-state index is 10.4. The first-order valence-electron chi connectivity index (χ1n) is 7.45. The van der Waals surface area contributed by atoms with Gasteiger partial charge in [0, 0.05) is 24.7 Å². The molecule has 0 bridgehead atoms. The van der Waals surface area contributed by atoms with Gasteiger partial charge < -0.3 is 19.3 Å². The van der Waals surface area contributed by atoms with Crippen molar-refractivity contribution in [1.82, 2.24) is 0 Å². The van der Waals surface area contributed by atoms with Crippen molar-refractivity contribution in [3.8, 4) is 5.75 Å². The van der Waals surface area contributed by atoms with Crippen molar-refractivity contribution in [2.24, 2.45) is 5.92 Å². The first kappa shape index (κ1) is 15.1. The molecule has 0 amide bonds. The summed E-state index contributed by atoms with van der Waals surface area (Å²) in [5.74, 6) is 0.882. The lowest BCUT2D eigenvalue weighted by molar-refractivity contribution is -0.120. The fourth-order valence-corrected chi connectivity index (χ4v) is 3.31. The van der Waals surface area contributed by atoms with Gasteiger partial charge in [-0.2, -0.15) is 0 Å². The Labute approximate surface area is 130 Å². The summed E-state index contributed by atoms with van der Waals surface area (Å²) < 4.78 is 17.0. The number of benzene rings is 1. The van der Waals surface area contributed by atoms with E-state index < -0.39 is 6.10 Å². The molecule has 0 aliphatic carbocycles. The number of halogens is 1. The molecule has 5 heteroatoms. The van der Waals surface area contributed by atoms with Gasteiger partial charge in [-0.25, -0.2) is 0 Å². The van der Waals surface area contributed by atoms with E-state index in [9.17, 15) is 5.11 Å². The van der Waals surface area contributed by atoms with E-state index in [2.05, 4.69) is 0 Å². The summed E-state index contributed by atoms with van der Waals surface area (Å²) >= 11 is 5.92. The van der Waals surface area contributed by atoms with Gasteiger partial charge in [-0.05, 0) is 37.0 Å². The number of aliphatic hydroxyl groups is 1. The Morgan fingerprint density at radius 1 is 1.43 bits per heavy atom. The fourth-order valence-electron chi connectivity index (χ4n) is 3.13. The van der Waals surface area contributed by atoms with Gasteiger partial charge in [-0.15, -0.1) is 0 Å². The second-order valence-electron chi connectivity index (χ2n) is 5.92. The highest BCUT2D eigenvalue weighted by Crippen LogP contribution is 2.37. The van der Waals surface area contributed by atoms with Crippen molar-refractivity contribution in [2.45, 2.75) is 31.0 Å². The Hall–Kier alpha value is -0.810. The standard InChI is InChI=1S/C16H21ClO4/c17-13-2-1-3-14(8-13)20-10-15(18)12-4-6-21-16(9-12)5-7-19-11-16/h1-3,8,12,15,18H,4-7,9-11H2. The SMILES string of the molecule is OC(COc1cccc(Cl)c1)C1CCOC2(CCOC2)C1. The zero-order chi connectivity index (χ0) is 14.7. The molecule has 0 saturated carbocycles. The summed E-state index contributed by atoms with van der Waals surface area (Å²) in [6.07, 6.45) is 2.13. The van der Waals surface area contributed by atoms with Crippen LogP contribution in [0.3, 0.4) is 0 Å². The normalized spacial score (nSPS) is 30.5. The number of hydrogen-bond acceptors (Lipinski definition) is 4. The highest BCUT2D eigenvalue weighted by Gasteiger charge is 2.42. The van der Waals surface area contributed by atoms with E-state index in [-0.39, 0.29) is 18.1 Å². The van der Waals surface area contributed by atoms with Crippen LogP contribution >= 0.6 is 11.6 Å². The highest BCUT2D eigenvalue weighted by atomic mass is 35.5. The molecule has 3 atom stereocenters. The van der Waals surface area contributed by atoms with E-state index in [0.29, 0.717) is 24.0 Å². The molecule has 1 N–H and O–H groups in total. The van der Waals surface area contributed by atoms with Crippen LogP contribution < -0.4 is 4.74 Å². The molecule has 3 unspecified atom stereocenters. The van der Waals surface area contributed by atoms with Crippen LogP contribution in [0, 0.1) is 5.92 Å². The smallest absolute Gasteiger partial charge is 0.120 e. The molecule has 21 heavy (non-hydrogen) atoms. The second-order valence-corrected chi connectivity index (χ2v) is 6.36. The Bertz CT molecular complexity index is 473. The zero-order valence-electron chi connectivity index (χ0n) is 12.0. The van der Waals surface area contributed by atoms with Crippen molar-refractivity contribution < 1.29 is 19.3 Å². The first-order valence-corrected chi connectivity index (χ1v) is 7.83. The molecule has 1 aromatic rings. The molecule has 2 fully saturated rings. The third-order valence-electron chi connectivity index (χ3n) is 4.36. The molecule has 2 aliphatic heterocycles. The zero-order valence-corrected chi connectivity index (χ0v) is 12.7. The Morgan fingerprint density at radius 2 is 2.33 bits per heavy atom. The number of rotatable bonds is 4. The van der Waals surface area contributed by atoms with Crippen LogP contribution in [0.1, 0.15) is 19.3 Å². The van der Waals surface area contributed by atoms with Gasteiger partial charge in [0.25, 0.3) is 0 Å². The molecule has 3 rings (SSSR count). The minimum absolute atomic E-state index is 0.181. The van der Waals surface area contributed by atoms with Crippen LogP contribution in [0.5, 0.6) is 5.75 Å². The van der Waals surface area contributed by atoms with E-state index in [1.54, 1.807) is 12.1 Å². The molecule has 1 spiro atoms. The molecule has 4 nitrogen and oxygen atoms in total. The maximum Gasteiger partial charge on any atom is 0.120 e. The molecule has 2 saturated heterocycles. The van der Waals surface area contributed by atoms with Gasteiger partial charge in [0.05, 0.1) is 18.3 Å². The average Bonchev–Trinajstić information content (AvgIpc) is 2.93. The predicted octanol–water partition coefficient (Wildman–Crippen LogP) is 2.67. The predicted molar refractivity (Wildman–Crippen MR) is 79.8 cm³/mol. The largest absolute Gasteiger partial charge is 0.491 e. The lowest BCUT2D eigenvalue weighted by Crippen LogP contribution is -2.44. The maximum absolute atomic E-state index is 10.4. The molecule has 116 valence electrons. The van der Waals surface area contributed by atoms with Gasteiger partial charge in [-0.3, -0.25) is 0 Å². The van der Waals surface area contributed by atoms with Gasteiger partial charge in [0.2, 0.25) is 0 Å². The van der Waals surface area contributed by atoms with Crippen LogP contribution in [-0.4, -0.2) is 43.2 Å². The summed E-state index contributed by atoms with van der Waals surface area (Å²) in [5, 5.41) is 11.0. The fraction of sp³-hybridized carbons (Fsp3) is 0.625. The van der Waals surface area contributed by atoms with E-state index in [4.69, 9.17) is 25.8 Å².